The van der Waals surface area contributed by atoms with Gasteiger partial charge in [-0.2, -0.15) is 0 Å². The van der Waals surface area contributed by atoms with Gasteiger partial charge in [0.2, 0.25) is 0 Å². The fourth-order valence-corrected chi connectivity index (χ4v) is 2.75. The molecule has 0 saturated heterocycles. The zero-order valence-electron chi connectivity index (χ0n) is 17.5. The van der Waals surface area contributed by atoms with Crippen LogP contribution in [0.25, 0.3) is 0 Å². The second kappa shape index (κ2) is 11.6. The molecule has 32 heavy (non-hydrogen) atoms. The maximum absolute atomic E-state index is 12.2. The Hall–Kier alpha value is -3.71. The van der Waals surface area contributed by atoms with Crippen LogP contribution in [0.5, 0.6) is 17.2 Å². The zero-order chi connectivity index (χ0) is 22.8. The first-order valence-corrected chi connectivity index (χ1v) is 10.3. The molecule has 0 spiro atoms. The van der Waals surface area contributed by atoms with E-state index in [-0.39, 0.29) is 6.61 Å². The molecule has 7 nitrogen and oxygen atoms in total. The van der Waals surface area contributed by atoms with Crippen molar-refractivity contribution in [3.63, 3.8) is 0 Å². The minimum Gasteiger partial charge on any atom is -0.490 e. The molecule has 0 heterocycles. The van der Waals surface area contributed by atoms with Gasteiger partial charge in [0.15, 0.2) is 6.61 Å². The highest BCUT2D eigenvalue weighted by atomic mass is 35.5. The number of para-hydroxylation sites is 1. The Bertz CT molecular complexity index is 1040. The van der Waals surface area contributed by atoms with Crippen molar-refractivity contribution in [3.05, 3.63) is 88.9 Å². The monoisotopic (exact) mass is 454 g/mol. The topological polar surface area (TPSA) is 85.9 Å². The number of hydrazine groups is 1. The van der Waals surface area contributed by atoms with Crippen LogP contribution in [-0.2, 0) is 4.79 Å². The number of nitrogens with one attached hydrogen (secondary N) is 2. The van der Waals surface area contributed by atoms with E-state index >= 15 is 0 Å². The standard InChI is InChI=1S/C24H23ClN2O5/c1-17-15-21(11-12-22(17)25)32-16-23(28)26-27-24(29)18-7-9-20(10-8-18)31-14-13-30-19-5-3-2-4-6-19/h2-12,15H,13-14,16H2,1H3,(H,26,28)(H,27,29). The Morgan fingerprint density at radius 1 is 0.781 bits per heavy atom. The molecule has 3 aromatic rings. The minimum atomic E-state index is -0.496. The van der Waals surface area contributed by atoms with Gasteiger partial charge >= 0.3 is 0 Å². The SMILES string of the molecule is Cc1cc(OCC(=O)NNC(=O)c2ccc(OCCOc3ccccc3)cc2)ccc1Cl. The van der Waals surface area contributed by atoms with Gasteiger partial charge < -0.3 is 14.2 Å². The first kappa shape index (κ1) is 23.0. The Kier molecular flexibility index (Phi) is 8.34. The largest absolute Gasteiger partial charge is 0.490 e. The molecule has 2 N–H and O–H groups in total. The summed E-state index contributed by atoms with van der Waals surface area (Å²) in [6, 6.07) is 21.1. The normalized spacial score (nSPS) is 10.2. The van der Waals surface area contributed by atoms with Crippen LogP contribution in [0.15, 0.2) is 72.8 Å². The van der Waals surface area contributed by atoms with E-state index in [0.29, 0.717) is 35.3 Å². The van der Waals surface area contributed by atoms with Crippen LogP contribution in [0.1, 0.15) is 15.9 Å². The predicted octanol–water partition coefficient (Wildman–Crippen LogP) is 3.95. The van der Waals surface area contributed by atoms with Crippen molar-refractivity contribution in [3.8, 4) is 17.2 Å². The van der Waals surface area contributed by atoms with Crippen LogP contribution >= 0.6 is 11.6 Å². The van der Waals surface area contributed by atoms with Crippen LogP contribution in [0.4, 0.5) is 0 Å². The van der Waals surface area contributed by atoms with Crippen LogP contribution in [-0.4, -0.2) is 31.6 Å². The molecule has 2 amide bonds. The maximum Gasteiger partial charge on any atom is 0.276 e. The highest BCUT2D eigenvalue weighted by Gasteiger charge is 2.09. The summed E-state index contributed by atoms with van der Waals surface area (Å²) in [7, 11) is 0. The third kappa shape index (κ3) is 7.21. The summed E-state index contributed by atoms with van der Waals surface area (Å²) in [5, 5.41) is 0.617. The lowest BCUT2D eigenvalue weighted by Crippen LogP contribution is -2.43. The van der Waals surface area contributed by atoms with Gasteiger partial charge in [-0.15, -0.1) is 0 Å². The number of amides is 2. The first-order chi connectivity index (χ1) is 15.5. The molecule has 0 fully saturated rings. The van der Waals surface area contributed by atoms with E-state index in [0.717, 1.165) is 11.3 Å². The first-order valence-electron chi connectivity index (χ1n) is 9.90. The summed E-state index contributed by atoms with van der Waals surface area (Å²) in [6.45, 7) is 2.35. The highest BCUT2D eigenvalue weighted by molar-refractivity contribution is 6.31. The Balaban J connectivity index is 1.36. The van der Waals surface area contributed by atoms with Gasteiger partial charge in [-0.25, -0.2) is 0 Å². The van der Waals surface area contributed by atoms with E-state index in [1.54, 1.807) is 42.5 Å². The number of hydrogen-bond donors (Lipinski definition) is 2. The third-order valence-corrected chi connectivity index (χ3v) is 4.72. The number of carbonyl (C=O) groups excluding carboxylic acids is 2. The minimum absolute atomic E-state index is 0.251. The van der Waals surface area contributed by atoms with Crippen LogP contribution in [0, 0.1) is 6.92 Å². The van der Waals surface area contributed by atoms with Crippen molar-refractivity contribution in [1.82, 2.24) is 10.9 Å². The fraction of sp³-hybridized carbons (Fsp3) is 0.167. The maximum atomic E-state index is 12.2. The van der Waals surface area contributed by atoms with Crippen molar-refractivity contribution in [1.29, 1.82) is 0 Å². The summed E-state index contributed by atoms with van der Waals surface area (Å²) < 4.78 is 16.5. The molecular weight excluding hydrogens is 432 g/mol. The Labute approximate surface area is 191 Å². The summed E-state index contributed by atoms with van der Waals surface area (Å²) >= 11 is 5.95. The molecule has 0 atom stereocenters. The second-order valence-electron chi connectivity index (χ2n) is 6.74. The molecule has 0 aliphatic rings. The molecule has 0 bridgehead atoms. The number of rotatable bonds is 9. The molecule has 0 radical (unpaired) electrons. The summed E-state index contributed by atoms with van der Waals surface area (Å²) in [5.41, 5.74) is 5.87. The molecule has 0 aliphatic heterocycles. The number of aryl methyl sites for hydroxylation is 1. The molecule has 0 saturated carbocycles. The van der Waals surface area contributed by atoms with E-state index in [1.165, 1.54) is 0 Å². The smallest absolute Gasteiger partial charge is 0.276 e. The lowest BCUT2D eigenvalue weighted by atomic mass is 10.2. The van der Waals surface area contributed by atoms with Crippen molar-refractivity contribution in [2.75, 3.05) is 19.8 Å². The van der Waals surface area contributed by atoms with E-state index in [2.05, 4.69) is 10.9 Å². The number of halogens is 1. The van der Waals surface area contributed by atoms with Crippen molar-refractivity contribution < 1.29 is 23.8 Å². The lowest BCUT2D eigenvalue weighted by Gasteiger charge is -2.10. The van der Waals surface area contributed by atoms with Gasteiger partial charge in [-0.3, -0.25) is 20.4 Å². The molecule has 8 heteroatoms. The molecule has 3 aromatic carbocycles. The van der Waals surface area contributed by atoms with Gasteiger partial charge in [0.1, 0.15) is 30.5 Å². The Morgan fingerprint density at radius 2 is 1.41 bits per heavy atom. The van der Waals surface area contributed by atoms with Gasteiger partial charge in [0.25, 0.3) is 11.8 Å². The van der Waals surface area contributed by atoms with E-state index in [1.807, 2.05) is 37.3 Å². The van der Waals surface area contributed by atoms with Gasteiger partial charge in [-0.05, 0) is 67.1 Å². The van der Waals surface area contributed by atoms with E-state index < -0.39 is 11.8 Å². The van der Waals surface area contributed by atoms with E-state index in [9.17, 15) is 9.59 Å². The second-order valence-corrected chi connectivity index (χ2v) is 7.14. The summed E-state index contributed by atoms with van der Waals surface area (Å²) in [6.07, 6.45) is 0. The summed E-state index contributed by atoms with van der Waals surface area (Å²) in [5.74, 6) is 0.940. The predicted molar refractivity (Wildman–Crippen MR) is 121 cm³/mol. The number of hydrogen-bond acceptors (Lipinski definition) is 5. The van der Waals surface area contributed by atoms with Crippen LogP contribution in [0.2, 0.25) is 5.02 Å². The van der Waals surface area contributed by atoms with Crippen molar-refractivity contribution >= 4 is 23.4 Å². The van der Waals surface area contributed by atoms with Crippen LogP contribution < -0.4 is 25.1 Å². The molecule has 0 unspecified atom stereocenters. The third-order valence-electron chi connectivity index (χ3n) is 4.30. The number of carbonyl (C=O) groups is 2. The Morgan fingerprint density at radius 3 is 2.06 bits per heavy atom. The van der Waals surface area contributed by atoms with Gasteiger partial charge in [0.05, 0.1) is 0 Å². The van der Waals surface area contributed by atoms with Gasteiger partial charge in [-0.1, -0.05) is 29.8 Å². The lowest BCUT2D eigenvalue weighted by molar-refractivity contribution is -0.123. The average molecular weight is 455 g/mol. The number of ether oxygens (including phenoxy) is 3. The van der Waals surface area contributed by atoms with Crippen molar-refractivity contribution in [2.45, 2.75) is 6.92 Å². The number of benzene rings is 3. The quantitative estimate of drug-likeness (QED) is 0.378. The fourth-order valence-electron chi connectivity index (χ4n) is 2.63. The van der Waals surface area contributed by atoms with Crippen molar-refractivity contribution in [2.24, 2.45) is 0 Å². The molecule has 0 aromatic heterocycles. The summed E-state index contributed by atoms with van der Waals surface area (Å²) in [4.78, 5) is 24.1. The molecule has 3 rings (SSSR count). The van der Waals surface area contributed by atoms with Crippen LogP contribution in [0.3, 0.4) is 0 Å². The average Bonchev–Trinajstić information content (AvgIpc) is 2.82. The molecule has 166 valence electrons. The highest BCUT2D eigenvalue weighted by Crippen LogP contribution is 2.20. The van der Waals surface area contributed by atoms with Gasteiger partial charge in [0, 0.05) is 10.6 Å². The zero-order valence-corrected chi connectivity index (χ0v) is 18.2. The molecular formula is C24H23ClN2O5. The van der Waals surface area contributed by atoms with E-state index in [4.69, 9.17) is 25.8 Å². The molecule has 0 aliphatic carbocycles.